The van der Waals surface area contributed by atoms with Gasteiger partial charge in [-0.15, -0.1) is 0 Å². The third-order valence-corrected chi connectivity index (χ3v) is 3.07. The predicted octanol–water partition coefficient (Wildman–Crippen LogP) is 4.44. The summed E-state index contributed by atoms with van der Waals surface area (Å²) in [7, 11) is 0. The van der Waals surface area contributed by atoms with Crippen LogP contribution in [-0.2, 0) is 0 Å². The summed E-state index contributed by atoms with van der Waals surface area (Å²) in [5.74, 6) is 1.15. The molecule has 20 heavy (non-hydrogen) atoms. The second-order valence-electron chi connectivity index (χ2n) is 4.97. The minimum absolute atomic E-state index is 0.224. The molecule has 0 radical (unpaired) electrons. The van der Waals surface area contributed by atoms with E-state index in [9.17, 15) is 4.39 Å². The van der Waals surface area contributed by atoms with Gasteiger partial charge in [0.2, 0.25) is 0 Å². The number of nitrogens with one attached hydrogen (secondary N) is 1. The highest BCUT2D eigenvalue weighted by Gasteiger charge is 2.06. The second-order valence-corrected chi connectivity index (χ2v) is 4.97. The van der Waals surface area contributed by atoms with Crippen molar-refractivity contribution < 1.29 is 9.13 Å². The highest BCUT2D eigenvalue weighted by molar-refractivity contribution is 5.42. The van der Waals surface area contributed by atoms with Crippen LogP contribution >= 0.6 is 0 Å². The molecular formula is C17H20FNO. The Morgan fingerprint density at radius 2 is 1.75 bits per heavy atom. The number of hydrogen-bond acceptors (Lipinski definition) is 2. The molecule has 2 nitrogen and oxygen atoms in total. The van der Waals surface area contributed by atoms with Crippen molar-refractivity contribution in [1.82, 2.24) is 0 Å². The summed E-state index contributed by atoms with van der Waals surface area (Å²) in [6, 6.07) is 14.4. The van der Waals surface area contributed by atoms with Crippen molar-refractivity contribution in [3.63, 3.8) is 0 Å². The molecule has 0 bridgehead atoms. The first-order valence-electron chi connectivity index (χ1n) is 6.88. The van der Waals surface area contributed by atoms with Crippen molar-refractivity contribution >= 4 is 5.69 Å². The minimum Gasteiger partial charge on any atom is -0.491 e. The first-order valence-corrected chi connectivity index (χ1v) is 6.88. The van der Waals surface area contributed by atoms with E-state index in [-0.39, 0.29) is 5.82 Å². The van der Waals surface area contributed by atoms with Gasteiger partial charge in [0, 0.05) is 12.2 Å². The van der Waals surface area contributed by atoms with Crippen LogP contribution in [0.1, 0.15) is 25.3 Å². The fraction of sp³-hybridized carbons (Fsp3) is 0.294. The molecule has 0 fully saturated rings. The molecule has 0 amide bonds. The van der Waals surface area contributed by atoms with Gasteiger partial charge in [-0.2, -0.15) is 0 Å². The maximum Gasteiger partial charge on any atom is 0.123 e. The van der Waals surface area contributed by atoms with E-state index in [1.165, 1.54) is 17.7 Å². The van der Waals surface area contributed by atoms with Crippen LogP contribution in [0.5, 0.6) is 5.75 Å². The van der Waals surface area contributed by atoms with Crippen molar-refractivity contribution in [2.24, 2.45) is 0 Å². The van der Waals surface area contributed by atoms with Crippen LogP contribution < -0.4 is 10.1 Å². The highest BCUT2D eigenvalue weighted by Crippen LogP contribution is 2.25. The van der Waals surface area contributed by atoms with Gasteiger partial charge in [-0.1, -0.05) is 32.0 Å². The summed E-state index contributed by atoms with van der Waals surface area (Å²) in [6.45, 7) is 5.55. The van der Waals surface area contributed by atoms with Crippen molar-refractivity contribution in [3.8, 4) is 5.75 Å². The summed E-state index contributed by atoms with van der Waals surface area (Å²) in [4.78, 5) is 0. The van der Waals surface area contributed by atoms with E-state index in [2.05, 4.69) is 25.2 Å². The van der Waals surface area contributed by atoms with Gasteiger partial charge in [0.1, 0.15) is 18.2 Å². The van der Waals surface area contributed by atoms with Crippen LogP contribution in [0.25, 0.3) is 0 Å². The van der Waals surface area contributed by atoms with E-state index >= 15 is 0 Å². The summed E-state index contributed by atoms with van der Waals surface area (Å²) < 4.78 is 18.6. The van der Waals surface area contributed by atoms with Gasteiger partial charge in [0.15, 0.2) is 0 Å². The Labute approximate surface area is 119 Å². The van der Waals surface area contributed by atoms with Crippen molar-refractivity contribution in [2.45, 2.75) is 19.8 Å². The first-order chi connectivity index (χ1) is 9.66. The Morgan fingerprint density at radius 1 is 1.05 bits per heavy atom. The Morgan fingerprint density at radius 3 is 2.45 bits per heavy atom. The zero-order valence-electron chi connectivity index (χ0n) is 11.9. The SMILES string of the molecule is CC(C)c1ccccc1OCCNc1ccc(F)cc1. The number of halogens is 1. The molecule has 3 heteroatoms. The zero-order chi connectivity index (χ0) is 14.4. The standard InChI is InChI=1S/C17H20FNO/c1-13(2)16-5-3-4-6-17(16)20-12-11-19-15-9-7-14(18)8-10-15/h3-10,13,19H,11-12H2,1-2H3. The van der Waals surface area contributed by atoms with Crippen LogP contribution in [0.3, 0.4) is 0 Å². The molecule has 2 aromatic rings. The number of rotatable bonds is 6. The van der Waals surface area contributed by atoms with E-state index in [4.69, 9.17) is 4.74 Å². The Kier molecular flexibility index (Phi) is 4.99. The van der Waals surface area contributed by atoms with E-state index < -0.39 is 0 Å². The molecule has 0 atom stereocenters. The van der Waals surface area contributed by atoms with Crippen molar-refractivity contribution in [3.05, 3.63) is 59.9 Å². The molecule has 0 heterocycles. The third kappa shape index (κ3) is 3.98. The van der Waals surface area contributed by atoms with Crippen LogP contribution in [0, 0.1) is 5.82 Å². The van der Waals surface area contributed by atoms with Gasteiger partial charge >= 0.3 is 0 Å². The number of hydrogen-bond donors (Lipinski definition) is 1. The van der Waals surface area contributed by atoms with E-state index in [1.54, 1.807) is 12.1 Å². The Balaban J connectivity index is 1.83. The van der Waals surface area contributed by atoms with Gasteiger partial charge in [-0.05, 0) is 41.8 Å². The van der Waals surface area contributed by atoms with E-state index in [1.807, 2.05) is 18.2 Å². The predicted molar refractivity (Wildman–Crippen MR) is 80.9 cm³/mol. The van der Waals surface area contributed by atoms with Gasteiger partial charge in [-0.25, -0.2) is 4.39 Å². The van der Waals surface area contributed by atoms with Crippen LogP contribution in [0.15, 0.2) is 48.5 Å². The molecule has 0 aromatic heterocycles. The van der Waals surface area contributed by atoms with Gasteiger partial charge < -0.3 is 10.1 Å². The number of anilines is 1. The lowest BCUT2D eigenvalue weighted by Crippen LogP contribution is -2.12. The third-order valence-electron chi connectivity index (χ3n) is 3.07. The maximum absolute atomic E-state index is 12.8. The average molecular weight is 273 g/mol. The molecular weight excluding hydrogens is 253 g/mol. The monoisotopic (exact) mass is 273 g/mol. The minimum atomic E-state index is -0.224. The second kappa shape index (κ2) is 6.94. The topological polar surface area (TPSA) is 21.3 Å². The normalized spacial score (nSPS) is 10.6. The van der Waals surface area contributed by atoms with Gasteiger partial charge in [0.05, 0.1) is 0 Å². The molecule has 2 aromatic carbocycles. The maximum atomic E-state index is 12.8. The molecule has 0 aliphatic rings. The van der Waals surface area contributed by atoms with Crippen molar-refractivity contribution in [1.29, 1.82) is 0 Å². The molecule has 0 aliphatic heterocycles. The smallest absolute Gasteiger partial charge is 0.123 e. The average Bonchev–Trinajstić information content (AvgIpc) is 2.46. The van der Waals surface area contributed by atoms with Gasteiger partial charge in [0.25, 0.3) is 0 Å². The first kappa shape index (κ1) is 14.4. The van der Waals surface area contributed by atoms with Crippen LogP contribution in [0.4, 0.5) is 10.1 Å². The summed E-state index contributed by atoms with van der Waals surface area (Å²) in [6.07, 6.45) is 0. The largest absolute Gasteiger partial charge is 0.491 e. The molecule has 0 saturated heterocycles. The lowest BCUT2D eigenvalue weighted by molar-refractivity contribution is 0.328. The number of para-hydroxylation sites is 1. The summed E-state index contributed by atoms with van der Waals surface area (Å²) >= 11 is 0. The molecule has 0 aliphatic carbocycles. The summed E-state index contributed by atoms with van der Waals surface area (Å²) in [5, 5.41) is 3.20. The molecule has 0 spiro atoms. The number of benzene rings is 2. The van der Waals surface area contributed by atoms with Crippen molar-refractivity contribution in [2.75, 3.05) is 18.5 Å². The summed E-state index contributed by atoms with van der Waals surface area (Å²) in [5.41, 5.74) is 2.11. The van der Waals surface area contributed by atoms with Gasteiger partial charge in [-0.3, -0.25) is 0 Å². The Bertz CT molecular complexity index is 537. The lowest BCUT2D eigenvalue weighted by Gasteiger charge is -2.14. The molecule has 2 rings (SSSR count). The zero-order valence-corrected chi connectivity index (χ0v) is 11.9. The molecule has 0 unspecified atom stereocenters. The molecule has 0 saturated carbocycles. The highest BCUT2D eigenvalue weighted by atomic mass is 19.1. The van der Waals surface area contributed by atoms with Crippen LogP contribution in [0.2, 0.25) is 0 Å². The lowest BCUT2D eigenvalue weighted by atomic mass is 10.0. The Hall–Kier alpha value is -2.03. The number of ether oxygens (including phenoxy) is 1. The fourth-order valence-corrected chi connectivity index (χ4v) is 2.01. The fourth-order valence-electron chi connectivity index (χ4n) is 2.01. The van der Waals surface area contributed by atoms with E-state index in [0.717, 1.165) is 11.4 Å². The van der Waals surface area contributed by atoms with Crippen LogP contribution in [-0.4, -0.2) is 13.2 Å². The van der Waals surface area contributed by atoms with E-state index in [0.29, 0.717) is 19.1 Å². The molecule has 106 valence electrons. The quantitative estimate of drug-likeness (QED) is 0.786. The molecule has 1 N–H and O–H groups in total.